The summed E-state index contributed by atoms with van der Waals surface area (Å²) in [5, 5.41) is 16.0. The van der Waals surface area contributed by atoms with Crippen LogP contribution >= 0.6 is 0 Å². The fourth-order valence-electron chi connectivity index (χ4n) is 3.78. The number of hydrogen-bond donors (Lipinski definition) is 3. The Balaban J connectivity index is 0.000000454. The standard InChI is InChI=1S/C21H22F3N3.C2H2O4/c22-21(23,24)19-7-3-1-5-16(19)14-26-9-11-27(12-10-26)15-17-13-25-20-8-4-2-6-18(17)20;3-1(4)2(5)6/h1-8,13,25H,9-12,14-15H2;(H,3,4)(H,5,6). The number of para-hydroxylation sites is 1. The molecule has 0 aliphatic carbocycles. The van der Waals surface area contributed by atoms with Crippen LogP contribution in [0.1, 0.15) is 16.7 Å². The maximum Gasteiger partial charge on any atom is 0.416 e. The number of piperazine rings is 1. The average Bonchev–Trinajstić information content (AvgIpc) is 3.18. The highest BCUT2D eigenvalue weighted by Crippen LogP contribution is 2.32. The lowest BCUT2D eigenvalue weighted by Gasteiger charge is -2.35. The van der Waals surface area contributed by atoms with Crippen LogP contribution in [-0.4, -0.2) is 63.1 Å². The van der Waals surface area contributed by atoms with Crippen LogP contribution in [-0.2, 0) is 28.9 Å². The third-order valence-electron chi connectivity index (χ3n) is 5.43. The molecule has 2 heterocycles. The molecule has 1 aromatic heterocycles. The van der Waals surface area contributed by atoms with Gasteiger partial charge in [-0.25, -0.2) is 9.59 Å². The van der Waals surface area contributed by atoms with Gasteiger partial charge in [0, 0.05) is 56.4 Å². The van der Waals surface area contributed by atoms with Crippen molar-refractivity contribution >= 4 is 22.8 Å². The second-order valence-electron chi connectivity index (χ2n) is 7.68. The van der Waals surface area contributed by atoms with Crippen LogP contribution < -0.4 is 0 Å². The topological polar surface area (TPSA) is 96.9 Å². The number of benzene rings is 2. The highest BCUT2D eigenvalue weighted by molar-refractivity contribution is 6.27. The number of aliphatic carboxylic acids is 2. The van der Waals surface area contributed by atoms with Gasteiger partial charge in [0.1, 0.15) is 0 Å². The van der Waals surface area contributed by atoms with E-state index in [1.165, 1.54) is 23.1 Å². The first-order valence-electron chi connectivity index (χ1n) is 10.3. The van der Waals surface area contributed by atoms with Gasteiger partial charge in [0.15, 0.2) is 0 Å². The number of carbonyl (C=O) groups is 2. The van der Waals surface area contributed by atoms with Gasteiger partial charge in [-0.1, -0.05) is 36.4 Å². The number of aromatic nitrogens is 1. The van der Waals surface area contributed by atoms with Crippen molar-refractivity contribution in [3.8, 4) is 0 Å². The Morgan fingerprint density at radius 1 is 0.818 bits per heavy atom. The molecule has 1 aliphatic heterocycles. The quantitative estimate of drug-likeness (QED) is 0.511. The Labute approximate surface area is 188 Å². The van der Waals surface area contributed by atoms with Gasteiger partial charge < -0.3 is 15.2 Å². The molecular formula is C23H24F3N3O4. The molecule has 1 aliphatic rings. The zero-order valence-electron chi connectivity index (χ0n) is 17.7. The van der Waals surface area contributed by atoms with E-state index < -0.39 is 23.7 Å². The number of aromatic amines is 1. The predicted octanol–water partition coefficient (Wildman–Crippen LogP) is 3.66. The van der Waals surface area contributed by atoms with E-state index in [2.05, 4.69) is 33.1 Å². The minimum Gasteiger partial charge on any atom is -0.473 e. The molecule has 0 unspecified atom stereocenters. The number of alkyl halides is 3. The Hall–Kier alpha value is -3.37. The van der Waals surface area contributed by atoms with E-state index in [1.54, 1.807) is 12.1 Å². The summed E-state index contributed by atoms with van der Waals surface area (Å²) in [6.45, 7) is 4.46. The minimum atomic E-state index is -4.30. The molecule has 2 aromatic carbocycles. The maximum atomic E-state index is 13.2. The van der Waals surface area contributed by atoms with Gasteiger partial charge >= 0.3 is 18.1 Å². The zero-order chi connectivity index (χ0) is 24.0. The summed E-state index contributed by atoms with van der Waals surface area (Å²) < 4.78 is 39.5. The first-order valence-corrected chi connectivity index (χ1v) is 10.3. The highest BCUT2D eigenvalue weighted by Gasteiger charge is 2.33. The molecule has 1 saturated heterocycles. The molecule has 0 atom stereocenters. The summed E-state index contributed by atoms with van der Waals surface area (Å²) in [5.41, 5.74) is 2.23. The summed E-state index contributed by atoms with van der Waals surface area (Å²) in [5.74, 6) is -3.65. The van der Waals surface area contributed by atoms with Crippen LogP contribution in [0.4, 0.5) is 13.2 Å². The molecule has 1 fully saturated rings. The normalized spacial score (nSPS) is 15.1. The molecule has 3 aromatic rings. The second kappa shape index (κ2) is 10.5. The van der Waals surface area contributed by atoms with Crippen LogP contribution in [0.2, 0.25) is 0 Å². The number of nitrogens with zero attached hydrogens (tertiary/aromatic N) is 2. The number of hydrogen-bond acceptors (Lipinski definition) is 4. The van der Waals surface area contributed by atoms with E-state index in [9.17, 15) is 13.2 Å². The van der Waals surface area contributed by atoms with Crippen molar-refractivity contribution in [2.45, 2.75) is 19.3 Å². The Kier molecular flexibility index (Phi) is 7.72. The van der Waals surface area contributed by atoms with Gasteiger partial charge in [-0.15, -0.1) is 0 Å². The van der Waals surface area contributed by atoms with Gasteiger partial charge in [-0.2, -0.15) is 13.2 Å². The SMILES string of the molecule is FC(F)(F)c1ccccc1CN1CCN(Cc2c[nH]c3ccccc23)CC1.O=C(O)C(=O)O. The summed E-state index contributed by atoms with van der Waals surface area (Å²) in [4.78, 5) is 26.0. The third-order valence-corrected chi connectivity index (χ3v) is 5.43. The van der Waals surface area contributed by atoms with E-state index in [0.29, 0.717) is 12.1 Å². The number of fused-ring (bicyclic) bond motifs is 1. The molecule has 0 spiro atoms. The van der Waals surface area contributed by atoms with Crippen LogP contribution in [0.25, 0.3) is 10.9 Å². The fraction of sp³-hybridized carbons (Fsp3) is 0.304. The molecule has 10 heteroatoms. The van der Waals surface area contributed by atoms with E-state index in [4.69, 9.17) is 19.8 Å². The minimum absolute atomic E-state index is 0.344. The molecule has 33 heavy (non-hydrogen) atoms. The molecule has 0 amide bonds. The predicted molar refractivity (Wildman–Crippen MR) is 116 cm³/mol. The molecule has 176 valence electrons. The van der Waals surface area contributed by atoms with Crippen LogP contribution in [0, 0.1) is 0 Å². The highest BCUT2D eigenvalue weighted by atomic mass is 19.4. The lowest BCUT2D eigenvalue weighted by Crippen LogP contribution is -2.45. The molecule has 0 radical (unpaired) electrons. The Bertz CT molecular complexity index is 1090. The molecular weight excluding hydrogens is 439 g/mol. The summed E-state index contributed by atoms with van der Waals surface area (Å²) in [6.07, 6.45) is -2.25. The van der Waals surface area contributed by atoms with Crippen molar-refractivity contribution in [2.75, 3.05) is 26.2 Å². The monoisotopic (exact) mass is 463 g/mol. The van der Waals surface area contributed by atoms with Crippen molar-refractivity contribution in [2.24, 2.45) is 0 Å². The van der Waals surface area contributed by atoms with E-state index in [0.717, 1.165) is 38.2 Å². The summed E-state index contributed by atoms with van der Waals surface area (Å²) in [6, 6.07) is 14.1. The van der Waals surface area contributed by atoms with E-state index >= 15 is 0 Å². The molecule has 0 saturated carbocycles. The lowest BCUT2D eigenvalue weighted by atomic mass is 10.1. The van der Waals surface area contributed by atoms with Gasteiger partial charge in [0.25, 0.3) is 0 Å². The Morgan fingerprint density at radius 3 is 1.91 bits per heavy atom. The molecule has 3 N–H and O–H groups in total. The molecule has 4 rings (SSSR count). The van der Waals surface area contributed by atoms with Crippen LogP contribution in [0.5, 0.6) is 0 Å². The largest absolute Gasteiger partial charge is 0.473 e. The molecule has 0 bridgehead atoms. The first-order chi connectivity index (χ1) is 15.6. The zero-order valence-corrected chi connectivity index (χ0v) is 17.7. The van der Waals surface area contributed by atoms with Gasteiger partial charge in [-0.3, -0.25) is 9.80 Å². The second-order valence-corrected chi connectivity index (χ2v) is 7.68. The summed E-state index contributed by atoms with van der Waals surface area (Å²) >= 11 is 0. The smallest absolute Gasteiger partial charge is 0.416 e. The number of rotatable bonds is 4. The van der Waals surface area contributed by atoms with Crippen molar-refractivity contribution in [1.29, 1.82) is 0 Å². The average molecular weight is 463 g/mol. The lowest BCUT2D eigenvalue weighted by molar-refractivity contribution is -0.159. The van der Waals surface area contributed by atoms with Crippen molar-refractivity contribution < 1.29 is 33.0 Å². The van der Waals surface area contributed by atoms with Crippen molar-refractivity contribution in [3.63, 3.8) is 0 Å². The summed E-state index contributed by atoms with van der Waals surface area (Å²) in [7, 11) is 0. The maximum absolute atomic E-state index is 13.2. The van der Waals surface area contributed by atoms with Crippen LogP contribution in [0.3, 0.4) is 0 Å². The van der Waals surface area contributed by atoms with Gasteiger partial charge in [0.2, 0.25) is 0 Å². The van der Waals surface area contributed by atoms with Crippen LogP contribution in [0.15, 0.2) is 54.7 Å². The van der Waals surface area contributed by atoms with E-state index in [-0.39, 0.29) is 0 Å². The first kappa shape index (κ1) is 24.3. The number of nitrogens with one attached hydrogen (secondary N) is 1. The Morgan fingerprint density at radius 2 is 1.33 bits per heavy atom. The number of carboxylic acid groups (broad SMARTS) is 2. The van der Waals surface area contributed by atoms with E-state index in [1.807, 2.05) is 12.1 Å². The molecule has 7 nitrogen and oxygen atoms in total. The van der Waals surface area contributed by atoms with Crippen molar-refractivity contribution in [3.05, 3.63) is 71.4 Å². The fourth-order valence-corrected chi connectivity index (χ4v) is 3.78. The number of H-pyrrole nitrogens is 1. The number of halogens is 3. The van der Waals surface area contributed by atoms with Gasteiger partial charge in [-0.05, 0) is 23.3 Å². The van der Waals surface area contributed by atoms with Gasteiger partial charge in [0.05, 0.1) is 5.56 Å². The van der Waals surface area contributed by atoms with Crippen molar-refractivity contribution in [1.82, 2.24) is 14.8 Å². The number of carboxylic acids is 2. The third kappa shape index (κ3) is 6.56.